The molecule has 30 heavy (non-hydrogen) atoms. The topological polar surface area (TPSA) is 65.1 Å². The highest BCUT2D eigenvalue weighted by molar-refractivity contribution is 7.93. The second kappa shape index (κ2) is 7.53. The largest absolute Gasteiger partial charge is 0.495 e. The van der Waals surface area contributed by atoms with Gasteiger partial charge in [-0.05, 0) is 29.8 Å². The first-order valence-electron chi connectivity index (χ1n) is 9.11. The molecule has 6 nitrogen and oxygen atoms in total. The first-order chi connectivity index (χ1) is 14.4. The molecule has 0 saturated carbocycles. The fourth-order valence-corrected chi connectivity index (χ4v) is 5.29. The van der Waals surface area contributed by atoms with Gasteiger partial charge in [-0.3, -0.25) is 4.31 Å². The smallest absolute Gasteiger partial charge is 0.265 e. The van der Waals surface area contributed by atoms with E-state index < -0.39 is 10.0 Å². The number of halogens is 1. The van der Waals surface area contributed by atoms with Crippen LogP contribution in [0, 0.1) is 5.82 Å². The summed E-state index contributed by atoms with van der Waals surface area (Å²) in [5.41, 5.74) is 2.24. The van der Waals surface area contributed by atoms with Gasteiger partial charge in [-0.25, -0.2) is 12.8 Å². The molecule has 0 amide bonds. The van der Waals surface area contributed by atoms with Gasteiger partial charge < -0.3 is 14.2 Å². The molecule has 8 heteroatoms. The molecule has 0 atom stereocenters. The number of methoxy groups -OCH3 is 3. The number of hydrogen-bond donors (Lipinski definition) is 0. The molecular weight excluding hydrogens is 409 g/mol. The van der Waals surface area contributed by atoms with E-state index in [1.807, 2.05) is 6.07 Å². The van der Waals surface area contributed by atoms with Gasteiger partial charge in [0.2, 0.25) is 0 Å². The van der Waals surface area contributed by atoms with Crippen LogP contribution in [0.25, 0.3) is 11.1 Å². The van der Waals surface area contributed by atoms with E-state index in [1.54, 1.807) is 30.3 Å². The Balaban J connectivity index is 1.99. The highest BCUT2D eigenvalue weighted by Gasteiger charge is 2.38. The van der Waals surface area contributed by atoms with Crippen molar-refractivity contribution in [2.24, 2.45) is 0 Å². The second-order valence-electron chi connectivity index (χ2n) is 6.70. The summed E-state index contributed by atoms with van der Waals surface area (Å²) in [6, 6.07) is 14.2. The zero-order valence-electron chi connectivity index (χ0n) is 16.7. The molecule has 3 aromatic carbocycles. The Morgan fingerprint density at radius 2 is 1.47 bits per heavy atom. The van der Waals surface area contributed by atoms with Gasteiger partial charge in [0.15, 0.2) is 11.5 Å². The minimum atomic E-state index is -3.97. The lowest BCUT2D eigenvalue weighted by Gasteiger charge is -2.33. The lowest BCUT2D eigenvalue weighted by atomic mass is 10.0. The molecule has 0 radical (unpaired) electrons. The molecule has 4 rings (SSSR count). The fraction of sp³-hybridized carbons (Fsp3) is 0.182. The molecule has 1 aliphatic heterocycles. The zero-order chi connectivity index (χ0) is 21.5. The van der Waals surface area contributed by atoms with Crippen LogP contribution in [0.1, 0.15) is 5.56 Å². The van der Waals surface area contributed by atoms with Gasteiger partial charge in [0, 0.05) is 17.2 Å². The highest BCUT2D eigenvalue weighted by atomic mass is 32.2. The van der Waals surface area contributed by atoms with Crippen LogP contribution in [0.5, 0.6) is 17.2 Å². The van der Waals surface area contributed by atoms with E-state index in [9.17, 15) is 12.8 Å². The number of nitrogens with zero attached hydrogens (tertiary/aromatic N) is 1. The Kier molecular flexibility index (Phi) is 5.03. The number of sulfonamides is 1. The lowest BCUT2D eigenvalue weighted by molar-refractivity contribution is 0.354. The molecule has 0 aliphatic carbocycles. The molecule has 0 bridgehead atoms. The van der Waals surface area contributed by atoms with Gasteiger partial charge in [0.1, 0.15) is 17.3 Å². The van der Waals surface area contributed by atoms with Crippen LogP contribution < -0.4 is 18.5 Å². The first kappa shape index (κ1) is 20.0. The third-order valence-electron chi connectivity index (χ3n) is 5.05. The second-order valence-corrected chi connectivity index (χ2v) is 8.53. The molecule has 1 aliphatic rings. The van der Waals surface area contributed by atoms with E-state index in [0.717, 1.165) is 0 Å². The van der Waals surface area contributed by atoms with E-state index in [1.165, 1.54) is 43.8 Å². The first-order valence-corrected chi connectivity index (χ1v) is 10.5. The number of benzene rings is 3. The lowest BCUT2D eigenvalue weighted by Crippen LogP contribution is -2.34. The molecule has 0 saturated heterocycles. The summed E-state index contributed by atoms with van der Waals surface area (Å²) < 4.78 is 58.2. The van der Waals surface area contributed by atoms with Crippen molar-refractivity contribution in [2.45, 2.75) is 11.4 Å². The normalized spacial score (nSPS) is 13.9. The van der Waals surface area contributed by atoms with Crippen molar-refractivity contribution >= 4 is 15.7 Å². The fourth-order valence-electron chi connectivity index (χ4n) is 3.60. The van der Waals surface area contributed by atoms with Crippen molar-refractivity contribution in [3.8, 4) is 28.4 Å². The number of ether oxygens (including phenoxy) is 3. The summed E-state index contributed by atoms with van der Waals surface area (Å²) in [6.07, 6.45) is 0. The van der Waals surface area contributed by atoms with Crippen molar-refractivity contribution in [2.75, 3.05) is 25.6 Å². The molecule has 1 heterocycles. The van der Waals surface area contributed by atoms with Gasteiger partial charge in [-0.1, -0.05) is 24.3 Å². The van der Waals surface area contributed by atoms with Crippen molar-refractivity contribution in [3.05, 3.63) is 66.0 Å². The van der Waals surface area contributed by atoms with Crippen LogP contribution in [-0.2, 0) is 16.6 Å². The van der Waals surface area contributed by atoms with Gasteiger partial charge in [0.25, 0.3) is 10.0 Å². The Labute approximate surface area is 174 Å². The average Bonchev–Trinajstić information content (AvgIpc) is 2.76. The predicted octanol–water partition coefficient (Wildman–Crippen LogP) is 4.23. The summed E-state index contributed by atoms with van der Waals surface area (Å²) in [5, 5.41) is 0. The van der Waals surface area contributed by atoms with Gasteiger partial charge >= 0.3 is 0 Å². The van der Waals surface area contributed by atoms with Gasteiger partial charge in [0.05, 0.1) is 32.8 Å². The van der Waals surface area contributed by atoms with E-state index in [2.05, 4.69) is 0 Å². The van der Waals surface area contributed by atoms with E-state index in [-0.39, 0.29) is 17.3 Å². The summed E-state index contributed by atoms with van der Waals surface area (Å²) in [6.45, 7) is 0.0176. The summed E-state index contributed by atoms with van der Waals surface area (Å²) in [4.78, 5) is 0.100. The third kappa shape index (κ3) is 3.13. The molecule has 0 unspecified atom stereocenters. The summed E-state index contributed by atoms with van der Waals surface area (Å²) >= 11 is 0. The van der Waals surface area contributed by atoms with Crippen LogP contribution in [0.2, 0.25) is 0 Å². The van der Waals surface area contributed by atoms with Crippen molar-refractivity contribution < 1.29 is 27.0 Å². The van der Waals surface area contributed by atoms with Crippen LogP contribution >= 0.6 is 0 Å². The predicted molar refractivity (Wildman–Crippen MR) is 111 cm³/mol. The van der Waals surface area contributed by atoms with Gasteiger partial charge in [-0.15, -0.1) is 0 Å². The maximum Gasteiger partial charge on any atom is 0.265 e. The molecule has 0 fully saturated rings. The number of para-hydroxylation sites is 1. The Hall–Kier alpha value is -3.26. The maximum atomic E-state index is 13.7. The van der Waals surface area contributed by atoms with E-state index >= 15 is 0 Å². The molecule has 3 aromatic rings. The molecule has 156 valence electrons. The average molecular weight is 429 g/mol. The van der Waals surface area contributed by atoms with Crippen LogP contribution in [-0.4, -0.2) is 29.7 Å². The third-order valence-corrected chi connectivity index (χ3v) is 6.84. The minimum absolute atomic E-state index is 0.0176. The number of rotatable bonds is 5. The quantitative estimate of drug-likeness (QED) is 0.607. The maximum absolute atomic E-state index is 13.7. The van der Waals surface area contributed by atoms with Crippen LogP contribution in [0.15, 0.2) is 59.5 Å². The molecule has 0 N–H and O–H groups in total. The monoisotopic (exact) mass is 429 g/mol. The van der Waals surface area contributed by atoms with E-state index in [0.29, 0.717) is 39.6 Å². The number of hydrogen-bond acceptors (Lipinski definition) is 5. The van der Waals surface area contributed by atoms with Crippen LogP contribution in [0.4, 0.5) is 10.1 Å². The van der Waals surface area contributed by atoms with Crippen molar-refractivity contribution in [1.82, 2.24) is 0 Å². The summed E-state index contributed by atoms with van der Waals surface area (Å²) in [7, 11) is 0.464. The number of fused-ring (bicyclic) bond motifs is 3. The van der Waals surface area contributed by atoms with Crippen LogP contribution in [0.3, 0.4) is 0 Å². The highest BCUT2D eigenvalue weighted by Crippen LogP contribution is 2.50. The Morgan fingerprint density at radius 3 is 2.10 bits per heavy atom. The molecule has 0 aromatic heterocycles. The molecule has 0 spiro atoms. The van der Waals surface area contributed by atoms with Gasteiger partial charge in [-0.2, -0.15) is 0 Å². The SMILES string of the molecule is COc1cc2c(cc1OC)S(=O)(=O)N(Cc1ccc(F)cc1)c1c(OC)cccc1-2. The standard InChI is InChI=1S/C22H20FNO5S/c1-27-18-6-4-5-16-17-11-19(28-2)20(29-3)12-21(17)30(25,26)24(22(16)18)13-14-7-9-15(23)10-8-14/h4-12H,13H2,1-3H3. The summed E-state index contributed by atoms with van der Waals surface area (Å²) in [5.74, 6) is 0.763. The van der Waals surface area contributed by atoms with Crippen molar-refractivity contribution in [1.29, 1.82) is 0 Å². The minimum Gasteiger partial charge on any atom is -0.495 e. The zero-order valence-corrected chi connectivity index (χ0v) is 17.5. The van der Waals surface area contributed by atoms with Crippen molar-refractivity contribution in [3.63, 3.8) is 0 Å². The Morgan fingerprint density at radius 1 is 0.833 bits per heavy atom. The van der Waals surface area contributed by atoms with E-state index in [4.69, 9.17) is 14.2 Å². The Bertz CT molecular complexity index is 1210. The number of anilines is 1. The molecular formula is C22H20FNO5S.